The van der Waals surface area contributed by atoms with E-state index in [2.05, 4.69) is 0 Å². The Bertz CT molecular complexity index is 2400. The summed E-state index contributed by atoms with van der Waals surface area (Å²) in [6.07, 6.45) is -4.52. The van der Waals surface area contributed by atoms with Crippen LogP contribution in [0.3, 0.4) is 0 Å². The number of aromatic nitrogens is 4. The number of para-hydroxylation sites is 1. The van der Waals surface area contributed by atoms with E-state index in [1.807, 2.05) is 84.9 Å². The van der Waals surface area contributed by atoms with Crippen molar-refractivity contribution < 1.29 is 17.6 Å². The van der Waals surface area contributed by atoms with E-state index in [1.165, 1.54) is 12.1 Å². The van der Waals surface area contributed by atoms with Crippen LogP contribution in [0.4, 0.5) is 17.6 Å². The van der Waals surface area contributed by atoms with Crippen LogP contribution in [0.5, 0.6) is 0 Å². The zero-order valence-electron chi connectivity index (χ0n) is 25.2. The minimum atomic E-state index is -4.52. The maximum atomic E-state index is 15.6. The normalized spacial score (nSPS) is 11.8. The van der Waals surface area contributed by atoms with Crippen LogP contribution in [-0.4, -0.2) is 19.5 Å². The van der Waals surface area contributed by atoms with Gasteiger partial charge in [-0.1, -0.05) is 103 Å². The molecule has 0 amide bonds. The molecule has 8 heteroatoms. The second kappa shape index (κ2) is 11.6. The molecule has 0 atom stereocenters. The molecule has 0 radical (unpaired) electrons. The van der Waals surface area contributed by atoms with E-state index in [0.29, 0.717) is 50.8 Å². The molecule has 6 aromatic carbocycles. The minimum absolute atomic E-state index is 0.300. The smallest absolute Gasteiger partial charge is 0.309 e. The van der Waals surface area contributed by atoms with Gasteiger partial charge < -0.3 is 4.57 Å². The van der Waals surface area contributed by atoms with Crippen molar-refractivity contribution in [3.8, 4) is 51.0 Å². The number of rotatable bonds is 5. The lowest BCUT2D eigenvalue weighted by Gasteiger charge is -2.16. The summed E-state index contributed by atoms with van der Waals surface area (Å²) >= 11 is 0. The van der Waals surface area contributed by atoms with Crippen molar-refractivity contribution in [2.45, 2.75) is 6.18 Å². The molecule has 0 N–H and O–H groups in total. The quantitative estimate of drug-likeness (QED) is 0.177. The van der Waals surface area contributed by atoms with E-state index in [4.69, 9.17) is 15.0 Å². The molecule has 4 nitrogen and oxygen atoms in total. The van der Waals surface area contributed by atoms with Gasteiger partial charge in [-0.3, -0.25) is 0 Å². The van der Waals surface area contributed by atoms with Crippen molar-refractivity contribution in [2.24, 2.45) is 0 Å². The average molecular weight is 637 g/mol. The topological polar surface area (TPSA) is 43.6 Å². The van der Waals surface area contributed by atoms with Gasteiger partial charge >= 0.3 is 6.18 Å². The fourth-order valence-corrected chi connectivity index (χ4v) is 6.12. The second-order valence-electron chi connectivity index (χ2n) is 11.3. The second-order valence-corrected chi connectivity index (χ2v) is 11.3. The fourth-order valence-electron chi connectivity index (χ4n) is 6.12. The summed E-state index contributed by atoms with van der Waals surface area (Å²) in [5.41, 5.74) is 3.80. The molecule has 0 saturated carbocycles. The summed E-state index contributed by atoms with van der Waals surface area (Å²) in [5.74, 6) is 0.766. The van der Waals surface area contributed by atoms with E-state index < -0.39 is 17.6 Å². The molecular weight excluding hydrogens is 612 g/mol. The molecule has 0 saturated heterocycles. The molecule has 0 spiro atoms. The number of alkyl halides is 3. The Hall–Kier alpha value is -6.15. The highest BCUT2D eigenvalue weighted by molar-refractivity contribution is 6.09. The van der Waals surface area contributed by atoms with Crippen LogP contribution in [0, 0.1) is 5.82 Å². The number of benzene rings is 6. The Morgan fingerprint density at radius 1 is 0.458 bits per heavy atom. The third-order valence-electron chi connectivity index (χ3n) is 8.37. The Morgan fingerprint density at radius 3 is 1.71 bits per heavy atom. The molecule has 2 aromatic heterocycles. The summed E-state index contributed by atoms with van der Waals surface area (Å²) in [5, 5.41) is 1.47. The molecule has 2 heterocycles. The minimum Gasteiger partial charge on any atom is -0.309 e. The third-order valence-corrected chi connectivity index (χ3v) is 8.37. The predicted octanol–water partition coefficient (Wildman–Crippen LogP) is 10.8. The standard InChI is InChI=1S/C40H24F4N4/c41-34-17-9-7-15-29(34)33-24-28(48-35-18-10-8-16-30(35)31-21-19-27(23-36(31)48)40(42,43)44)20-22-32(33)39-46-37(25-11-3-1-4-12-25)45-38(47-39)26-13-5-2-6-14-26/h1-24H. The van der Waals surface area contributed by atoms with Crippen molar-refractivity contribution in [2.75, 3.05) is 0 Å². The monoisotopic (exact) mass is 636 g/mol. The van der Waals surface area contributed by atoms with E-state index in [1.54, 1.807) is 41.0 Å². The number of fused-ring (bicyclic) bond motifs is 3. The van der Waals surface area contributed by atoms with Gasteiger partial charge in [-0.05, 0) is 48.0 Å². The van der Waals surface area contributed by atoms with Gasteiger partial charge in [-0.2, -0.15) is 13.2 Å². The maximum Gasteiger partial charge on any atom is 0.416 e. The van der Waals surface area contributed by atoms with Crippen LogP contribution in [0.1, 0.15) is 5.56 Å². The van der Waals surface area contributed by atoms with Gasteiger partial charge in [-0.15, -0.1) is 0 Å². The van der Waals surface area contributed by atoms with E-state index in [0.717, 1.165) is 34.2 Å². The number of halogens is 4. The third kappa shape index (κ3) is 5.17. The molecule has 0 bridgehead atoms. The first kappa shape index (κ1) is 29.3. The van der Waals surface area contributed by atoms with E-state index in [9.17, 15) is 13.2 Å². The SMILES string of the molecule is Fc1ccccc1-c1cc(-n2c3ccccc3c3ccc(C(F)(F)F)cc32)ccc1-c1nc(-c2ccccc2)nc(-c2ccccc2)n1. The first-order valence-corrected chi connectivity index (χ1v) is 15.2. The Morgan fingerprint density at radius 2 is 1.04 bits per heavy atom. The van der Waals surface area contributed by atoms with Crippen LogP contribution < -0.4 is 0 Å². The highest BCUT2D eigenvalue weighted by Gasteiger charge is 2.31. The summed E-state index contributed by atoms with van der Waals surface area (Å²) < 4.78 is 59.2. The number of nitrogens with zero attached hydrogens (tertiary/aromatic N) is 4. The number of hydrogen-bond acceptors (Lipinski definition) is 3. The van der Waals surface area contributed by atoms with Crippen molar-refractivity contribution in [1.29, 1.82) is 0 Å². The zero-order chi connectivity index (χ0) is 32.8. The highest BCUT2D eigenvalue weighted by Crippen LogP contribution is 2.40. The van der Waals surface area contributed by atoms with Gasteiger partial charge in [0.2, 0.25) is 0 Å². The van der Waals surface area contributed by atoms with Crippen LogP contribution in [0.2, 0.25) is 0 Å². The summed E-state index contributed by atoms with van der Waals surface area (Å²) in [7, 11) is 0. The molecule has 0 aliphatic carbocycles. The average Bonchev–Trinajstić information content (AvgIpc) is 3.45. The van der Waals surface area contributed by atoms with E-state index in [-0.39, 0.29) is 0 Å². The van der Waals surface area contributed by atoms with Gasteiger partial charge in [0, 0.05) is 38.7 Å². The molecule has 8 aromatic rings. The highest BCUT2D eigenvalue weighted by atomic mass is 19.4. The van der Waals surface area contributed by atoms with Crippen molar-refractivity contribution in [3.63, 3.8) is 0 Å². The summed E-state index contributed by atoms with van der Waals surface area (Å²) in [6.45, 7) is 0. The zero-order valence-corrected chi connectivity index (χ0v) is 25.2. The predicted molar refractivity (Wildman–Crippen MR) is 181 cm³/mol. The first-order chi connectivity index (χ1) is 23.3. The van der Waals surface area contributed by atoms with Gasteiger partial charge in [0.1, 0.15) is 5.82 Å². The molecular formula is C40H24F4N4. The van der Waals surface area contributed by atoms with Crippen LogP contribution in [-0.2, 0) is 6.18 Å². The van der Waals surface area contributed by atoms with Gasteiger partial charge in [-0.25, -0.2) is 19.3 Å². The number of hydrogen-bond donors (Lipinski definition) is 0. The van der Waals surface area contributed by atoms with Crippen molar-refractivity contribution in [1.82, 2.24) is 19.5 Å². The van der Waals surface area contributed by atoms with Crippen molar-refractivity contribution >= 4 is 21.8 Å². The van der Waals surface area contributed by atoms with Crippen molar-refractivity contribution in [3.05, 3.63) is 157 Å². The lowest BCUT2D eigenvalue weighted by atomic mass is 9.97. The Kier molecular flexibility index (Phi) is 7.06. The van der Waals surface area contributed by atoms with Crippen LogP contribution in [0.15, 0.2) is 146 Å². The van der Waals surface area contributed by atoms with E-state index >= 15 is 4.39 Å². The van der Waals surface area contributed by atoms with Gasteiger partial charge in [0.05, 0.1) is 16.6 Å². The summed E-state index contributed by atoms with van der Waals surface area (Å²) in [6, 6.07) is 42.0. The molecule has 48 heavy (non-hydrogen) atoms. The molecule has 0 aliphatic heterocycles. The van der Waals surface area contributed by atoms with Gasteiger partial charge in [0.25, 0.3) is 0 Å². The molecule has 8 rings (SSSR count). The summed E-state index contributed by atoms with van der Waals surface area (Å²) in [4.78, 5) is 14.5. The Balaban J connectivity index is 1.41. The largest absolute Gasteiger partial charge is 0.416 e. The van der Waals surface area contributed by atoms with Gasteiger partial charge in [0.15, 0.2) is 17.5 Å². The van der Waals surface area contributed by atoms with Crippen LogP contribution in [0.25, 0.3) is 72.8 Å². The van der Waals surface area contributed by atoms with Crippen LogP contribution >= 0.6 is 0 Å². The lowest BCUT2D eigenvalue weighted by molar-refractivity contribution is -0.137. The molecule has 0 aliphatic rings. The first-order valence-electron chi connectivity index (χ1n) is 15.2. The molecule has 232 valence electrons. The lowest BCUT2D eigenvalue weighted by Crippen LogP contribution is -2.05. The molecule has 0 fully saturated rings. The fraction of sp³-hybridized carbons (Fsp3) is 0.0250. The maximum absolute atomic E-state index is 15.6. The molecule has 0 unspecified atom stereocenters. The Labute approximate surface area is 272 Å².